The first-order chi connectivity index (χ1) is 8.16. The molecule has 1 atom stereocenters. The molecule has 1 heterocycles. The van der Waals surface area contributed by atoms with Crippen LogP contribution in [0.2, 0.25) is 0 Å². The van der Waals surface area contributed by atoms with Crippen molar-refractivity contribution >= 4 is 0 Å². The van der Waals surface area contributed by atoms with Crippen molar-refractivity contribution in [2.75, 3.05) is 19.6 Å². The average molecular weight is 233 g/mol. The summed E-state index contributed by atoms with van der Waals surface area (Å²) in [6.45, 7) is 7.22. The van der Waals surface area contributed by atoms with Gasteiger partial charge in [0.05, 0.1) is 6.10 Å². The van der Waals surface area contributed by atoms with Crippen LogP contribution in [0.15, 0.2) is 18.2 Å². The summed E-state index contributed by atoms with van der Waals surface area (Å²) in [5.41, 5.74) is 3.51. The minimum absolute atomic E-state index is 0.340. The normalized spacial score (nSPS) is 19.2. The molecule has 1 aliphatic heterocycles. The minimum Gasteiger partial charge on any atom is -0.387 e. The van der Waals surface area contributed by atoms with E-state index in [2.05, 4.69) is 36.9 Å². The lowest BCUT2D eigenvalue weighted by Crippen LogP contribution is -2.33. The van der Waals surface area contributed by atoms with E-state index in [0.717, 1.165) is 25.2 Å². The molecule has 1 saturated heterocycles. The zero-order valence-electron chi connectivity index (χ0n) is 10.9. The molecule has 0 spiro atoms. The molecule has 1 N–H and O–H groups in total. The second-order valence-corrected chi connectivity index (χ2v) is 5.24. The molecule has 2 nitrogen and oxygen atoms in total. The molecule has 0 aromatic heterocycles. The van der Waals surface area contributed by atoms with E-state index >= 15 is 0 Å². The number of aryl methyl sites for hydroxylation is 2. The Morgan fingerprint density at radius 1 is 1.18 bits per heavy atom. The predicted octanol–water partition coefficient (Wildman–Crippen LogP) is 2.82. The number of aliphatic hydroxyl groups excluding tert-OH is 1. The molecule has 1 aromatic carbocycles. The largest absolute Gasteiger partial charge is 0.387 e. The molecule has 0 radical (unpaired) electrons. The summed E-state index contributed by atoms with van der Waals surface area (Å²) < 4.78 is 0. The highest BCUT2D eigenvalue weighted by atomic mass is 16.3. The summed E-state index contributed by atoms with van der Waals surface area (Å²) in [6.07, 6.45) is 3.56. The smallest absolute Gasteiger partial charge is 0.0919 e. The van der Waals surface area contributed by atoms with Crippen LogP contribution in [0.5, 0.6) is 0 Å². The van der Waals surface area contributed by atoms with E-state index in [1.165, 1.54) is 30.4 Å². The van der Waals surface area contributed by atoms with E-state index in [9.17, 15) is 5.11 Å². The maximum absolute atomic E-state index is 10.3. The molecule has 1 unspecified atom stereocenters. The highest BCUT2D eigenvalue weighted by Gasteiger charge is 2.17. The van der Waals surface area contributed by atoms with Gasteiger partial charge >= 0.3 is 0 Å². The fraction of sp³-hybridized carbons (Fsp3) is 0.600. The van der Waals surface area contributed by atoms with Gasteiger partial charge in [0, 0.05) is 6.54 Å². The number of nitrogens with zero attached hydrogens (tertiary/aromatic N) is 1. The van der Waals surface area contributed by atoms with Gasteiger partial charge in [-0.3, -0.25) is 0 Å². The number of piperidine rings is 1. The van der Waals surface area contributed by atoms with Crippen LogP contribution < -0.4 is 0 Å². The van der Waals surface area contributed by atoms with E-state index in [4.69, 9.17) is 0 Å². The second kappa shape index (κ2) is 5.65. The van der Waals surface area contributed by atoms with Crippen LogP contribution in [-0.4, -0.2) is 29.6 Å². The highest BCUT2D eigenvalue weighted by Crippen LogP contribution is 2.21. The van der Waals surface area contributed by atoms with Gasteiger partial charge in [0.2, 0.25) is 0 Å². The molecule has 1 aromatic rings. The predicted molar refractivity (Wildman–Crippen MR) is 71.2 cm³/mol. The Hall–Kier alpha value is -0.860. The third-order valence-electron chi connectivity index (χ3n) is 3.67. The van der Waals surface area contributed by atoms with Crippen molar-refractivity contribution in [3.63, 3.8) is 0 Å². The molecule has 0 saturated carbocycles. The fourth-order valence-corrected chi connectivity index (χ4v) is 2.60. The summed E-state index contributed by atoms with van der Waals surface area (Å²) in [4.78, 5) is 2.38. The fourth-order valence-electron chi connectivity index (χ4n) is 2.60. The van der Waals surface area contributed by atoms with E-state index in [0.29, 0.717) is 0 Å². The Kier molecular flexibility index (Phi) is 4.19. The standard InChI is InChI=1S/C15H23NO/c1-12-6-7-13(2)14(10-12)15(17)11-16-8-4-3-5-9-16/h6-7,10,15,17H,3-5,8-9,11H2,1-2H3. The lowest BCUT2D eigenvalue weighted by atomic mass is 10.00. The second-order valence-electron chi connectivity index (χ2n) is 5.24. The molecule has 2 heteroatoms. The number of hydrogen-bond acceptors (Lipinski definition) is 2. The van der Waals surface area contributed by atoms with E-state index in [1.54, 1.807) is 0 Å². The van der Waals surface area contributed by atoms with Gasteiger partial charge in [0.1, 0.15) is 0 Å². The number of aliphatic hydroxyl groups is 1. The molecule has 0 bridgehead atoms. The zero-order valence-corrected chi connectivity index (χ0v) is 10.9. The first kappa shape index (κ1) is 12.6. The molecular formula is C15H23NO. The SMILES string of the molecule is Cc1ccc(C)c(C(O)CN2CCCCC2)c1. The Balaban J connectivity index is 2.02. The lowest BCUT2D eigenvalue weighted by molar-refractivity contribution is 0.101. The maximum atomic E-state index is 10.3. The molecule has 17 heavy (non-hydrogen) atoms. The molecule has 2 rings (SSSR count). The van der Waals surface area contributed by atoms with Crippen molar-refractivity contribution in [1.29, 1.82) is 0 Å². The zero-order chi connectivity index (χ0) is 12.3. The Labute approximate surface area is 104 Å². The van der Waals surface area contributed by atoms with Crippen LogP contribution >= 0.6 is 0 Å². The summed E-state index contributed by atoms with van der Waals surface area (Å²) in [6, 6.07) is 6.32. The molecule has 0 amide bonds. The monoisotopic (exact) mass is 233 g/mol. The molecule has 1 aliphatic rings. The van der Waals surface area contributed by atoms with Crippen LogP contribution in [0.25, 0.3) is 0 Å². The average Bonchev–Trinajstić information content (AvgIpc) is 2.33. The summed E-state index contributed by atoms with van der Waals surface area (Å²) in [7, 11) is 0. The number of likely N-dealkylation sites (tertiary alicyclic amines) is 1. The summed E-state index contributed by atoms with van der Waals surface area (Å²) >= 11 is 0. The number of benzene rings is 1. The molecular weight excluding hydrogens is 210 g/mol. The van der Waals surface area contributed by atoms with Crippen molar-refractivity contribution in [2.24, 2.45) is 0 Å². The van der Waals surface area contributed by atoms with Crippen molar-refractivity contribution < 1.29 is 5.11 Å². The van der Waals surface area contributed by atoms with Gasteiger partial charge in [0.25, 0.3) is 0 Å². The lowest BCUT2D eigenvalue weighted by Gasteiger charge is -2.29. The maximum Gasteiger partial charge on any atom is 0.0919 e. The van der Waals surface area contributed by atoms with Gasteiger partial charge in [-0.25, -0.2) is 0 Å². The minimum atomic E-state index is -0.340. The molecule has 0 aliphatic carbocycles. The van der Waals surface area contributed by atoms with Crippen LogP contribution in [0.1, 0.15) is 42.1 Å². The van der Waals surface area contributed by atoms with Crippen LogP contribution in [-0.2, 0) is 0 Å². The van der Waals surface area contributed by atoms with Crippen molar-refractivity contribution in [2.45, 2.75) is 39.2 Å². The first-order valence-corrected chi connectivity index (χ1v) is 6.64. The van der Waals surface area contributed by atoms with Gasteiger partial charge in [-0.2, -0.15) is 0 Å². The summed E-state index contributed by atoms with van der Waals surface area (Å²) in [5, 5.41) is 10.3. The highest BCUT2D eigenvalue weighted by molar-refractivity contribution is 5.32. The van der Waals surface area contributed by atoms with Crippen LogP contribution in [0.3, 0.4) is 0 Å². The Morgan fingerprint density at radius 3 is 2.59 bits per heavy atom. The van der Waals surface area contributed by atoms with E-state index in [1.807, 2.05) is 0 Å². The quantitative estimate of drug-likeness (QED) is 0.867. The topological polar surface area (TPSA) is 23.5 Å². The van der Waals surface area contributed by atoms with Crippen LogP contribution in [0, 0.1) is 13.8 Å². The molecule has 1 fully saturated rings. The third-order valence-corrected chi connectivity index (χ3v) is 3.67. The number of hydrogen-bond donors (Lipinski definition) is 1. The van der Waals surface area contributed by atoms with Crippen molar-refractivity contribution in [3.05, 3.63) is 34.9 Å². The van der Waals surface area contributed by atoms with Gasteiger partial charge in [-0.05, 0) is 50.9 Å². The van der Waals surface area contributed by atoms with Gasteiger partial charge in [-0.15, -0.1) is 0 Å². The van der Waals surface area contributed by atoms with E-state index < -0.39 is 0 Å². The Bertz CT molecular complexity index is 369. The van der Waals surface area contributed by atoms with E-state index in [-0.39, 0.29) is 6.10 Å². The van der Waals surface area contributed by atoms with Gasteiger partial charge in [-0.1, -0.05) is 30.2 Å². The van der Waals surface area contributed by atoms with Crippen LogP contribution in [0.4, 0.5) is 0 Å². The van der Waals surface area contributed by atoms with Crippen molar-refractivity contribution in [1.82, 2.24) is 4.90 Å². The first-order valence-electron chi connectivity index (χ1n) is 6.64. The Morgan fingerprint density at radius 2 is 1.88 bits per heavy atom. The summed E-state index contributed by atoms with van der Waals surface area (Å²) in [5.74, 6) is 0. The van der Waals surface area contributed by atoms with Crippen molar-refractivity contribution in [3.8, 4) is 0 Å². The third kappa shape index (κ3) is 3.30. The number of rotatable bonds is 3. The van der Waals surface area contributed by atoms with Gasteiger partial charge in [0.15, 0.2) is 0 Å². The van der Waals surface area contributed by atoms with Gasteiger partial charge < -0.3 is 10.0 Å². The number of β-amino-alcohol motifs (C(OH)–C–C–N with tert-alkyl or cyclic N) is 1. The molecule has 94 valence electrons.